The highest BCUT2D eigenvalue weighted by Gasteiger charge is 2.14. The van der Waals surface area contributed by atoms with Gasteiger partial charge in [0.2, 0.25) is 0 Å². The Morgan fingerprint density at radius 2 is 2.27 bits per heavy atom. The Morgan fingerprint density at radius 3 is 3.00 bits per heavy atom. The van der Waals surface area contributed by atoms with Gasteiger partial charge in [-0.1, -0.05) is 19.9 Å². The van der Waals surface area contributed by atoms with Gasteiger partial charge in [-0.3, -0.25) is 9.79 Å². The molecular formula is C16H24FN3O2. The number of hydrogen-bond donors (Lipinski definition) is 1. The van der Waals surface area contributed by atoms with Crippen LogP contribution in [0.25, 0.3) is 0 Å². The van der Waals surface area contributed by atoms with Crippen LogP contribution in [0.3, 0.4) is 0 Å². The van der Waals surface area contributed by atoms with Crippen LogP contribution in [0.2, 0.25) is 0 Å². The second-order valence-electron chi connectivity index (χ2n) is 4.40. The summed E-state index contributed by atoms with van der Waals surface area (Å²) in [6.45, 7) is 8.20. The molecule has 6 heteroatoms. The monoisotopic (exact) mass is 309 g/mol. The summed E-state index contributed by atoms with van der Waals surface area (Å²) >= 11 is 0. The van der Waals surface area contributed by atoms with Crippen molar-refractivity contribution in [3.63, 3.8) is 0 Å². The first-order valence-electron chi connectivity index (χ1n) is 7.62. The number of fused-ring (bicyclic) bond motifs is 1. The molecule has 1 aromatic carbocycles. The zero-order valence-electron chi connectivity index (χ0n) is 13.4. The number of nitrogens with one attached hydrogen (secondary N) is 1. The van der Waals surface area contributed by atoms with Crippen LogP contribution in [0.1, 0.15) is 26.3 Å². The van der Waals surface area contributed by atoms with E-state index in [2.05, 4.69) is 10.3 Å². The molecule has 0 spiro atoms. The summed E-state index contributed by atoms with van der Waals surface area (Å²) in [6.07, 6.45) is 1.57. The third-order valence-electron chi connectivity index (χ3n) is 2.95. The normalized spacial score (nSPS) is 13.9. The van der Waals surface area contributed by atoms with E-state index in [4.69, 9.17) is 4.74 Å². The maximum Gasteiger partial charge on any atom is 0.327 e. The fraction of sp³-hybridized carbons (Fsp3) is 0.500. The van der Waals surface area contributed by atoms with Crippen molar-refractivity contribution in [1.29, 1.82) is 0 Å². The third kappa shape index (κ3) is 5.44. The summed E-state index contributed by atoms with van der Waals surface area (Å²) in [4.78, 5) is 17.1. The summed E-state index contributed by atoms with van der Waals surface area (Å²) in [6, 6.07) is 4.69. The van der Waals surface area contributed by atoms with E-state index in [-0.39, 0.29) is 18.3 Å². The summed E-state index contributed by atoms with van der Waals surface area (Å²) < 4.78 is 18.2. The molecule has 1 aliphatic heterocycles. The Balaban J connectivity index is 0.00000116. The van der Waals surface area contributed by atoms with Gasteiger partial charge in [0.25, 0.3) is 0 Å². The molecule has 0 unspecified atom stereocenters. The Kier molecular flexibility index (Phi) is 8.14. The first-order chi connectivity index (χ1) is 10.7. The molecule has 0 fully saturated rings. The van der Waals surface area contributed by atoms with Crippen molar-refractivity contribution in [3.8, 4) is 0 Å². The van der Waals surface area contributed by atoms with Crippen LogP contribution in [-0.2, 0) is 16.1 Å². The number of benzene rings is 1. The number of nitrogens with zero attached hydrogens (tertiary/aromatic N) is 2. The summed E-state index contributed by atoms with van der Waals surface area (Å²) in [7, 11) is 0. The van der Waals surface area contributed by atoms with Gasteiger partial charge in [-0.25, -0.2) is 4.39 Å². The van der Waals surface area contributed by atoms with Crippen molar-refractivity contribution in [1.82, 2.24) is 5.32 Å². The van der Waals surface area contributed by atoms with Crippen molar-refractivity contribution < 1.29 is 13.9 Å². The number of carbonyl (C=O) groups is 1. The largest absolute Gasteiger partial charge is 0.465 e. The van der Waals surface area contributed by atoms with Crippen LogP contribution < -0.4 is 10.2 Å². The van der Waals surface area contributed by atoms with E-state index in [1.54, 1.807) is 19.3 Å². The summed E-state index contributed by atoms with van der Waals surface area (Å²) in [5.74, 6) is -0.648. The summed E-state index contributed by atoms with van der Waals surface area (Å²) in [5, 5.41) is 3.25. The Bertz CT molecular complexity index is 506. The zero-order valence-corrected chi connectivity index (χ0v) is 13.4. The number of hydrogen-bond acceptors (Lipinski definition) is 4. The molecule has 0 saturated carbocycles. The van der Waals surface area contributed by atoms with Gasteiger partial charge in [-0.15, -0.1) is 0 Å². The van der Waals surface area contributed by atoms with Gasteiger partial charge in [0.15, 0.2) is 0 Å². The van der Waals surface area contributed by atoms with Crippen LogP contribution in [-0.4, -0.2) is 38.5 Å². The minimum Gasteiger partial charge on any atom is -0.465 e. The molecule has 0 atom stereocenters. The molecule has 122 valence electrons. The predicted molar refractivity (Wildman–Crippen MR) is 86.8 cm³/mol. The highest BCUT2D eigenvalue weighted by molar-refractivity contribution is 5.83. The lowest BCUT2D eigenvalue weighted by molar-refractivity contribution is -0.141. The Hall–Kier alpha value is -1.95. The van der Waals surface area contributed by atoms with Gasteiger partial charge < -0.3 is 15.0 Å². The van der Waals surface area contributed by atoms with Crippen LogP contribution >= 0.6 is 0 Å². The lowest BCUT2D eigenvalue weighted by atomic mass is 10.1. The van der Waals surface area contributed by atoms with Crippen LogP contribution in [0.4, 0.5) is 10.1 Å². The fourth-order valence-corrected chi connectivity index (χ4v) is 2.04. The van der Waals surface area contributed by atoms with Crippen LogP contribution in [0, 0.1) is 5.82 Å². The number of rotatable bonds is 4. The van der Waals surface area contributed by atoms with Gasteiger partial charge >= 0.3 is 5.97 Å². The molecule has 0 aliphatic carbocycles. The van der Waals surface area contributed by atoms with E-state index in [0.29, 0.717) is 19.7 Å². The fourth-order valence-electron chi connectivity index (χ4n) is 2.04. The number of anilines is 1. The van der Waals surface area contributed by atoms with Crippen molar-refractivity contribution in [2.75, 3.05) is 31.1 Å². The van der Waals surface area contributed by atoms with E-state index in [9.17, 15) is 9.18 Å². The van der Waals surface area contributed by atoms with E-state index in [0.717, 1.165) is 17.8 Å². The summed E-state index contributed by atoms with van der Waals surface area (Å²) in [5.41, 5.74) is 1.79. The molecule has 0 amide bonds. The van der Waals surface area contributed by atoms with E-state index < -0.39 is 0 Å². The first kappa shape index (κ1) is 18.1. The van der Waals surface area contributed by atoms with Crippen LogP contribution in [0.5, 0.6) is 0 Å². The topological polar surface area (TPSA) is 53.9 Å². The maximum atomic E-state index is 13.4. The minimum absolute atomic E-state index is 0.0254. The third-order valence-corrected chi connectivity index (χ3v) is 2.95. The molecule has 0 aromatic heterocycles. The van der Waals surface area contributed by atoms with E-state index in [1.165, 1.54) is 12.1 Å². The molecule has 0 bridgehead atoms. The molecule has 22 heavy (non-hydrogen) atoms. The smallest absolute Gasteiger partial charge is 0.327 e. The number of aliphatic imine (C=N–C) groups is 1. The van der Waals surface area contributed by atoms with Gasteiger partial charge in [0.1, 0.15) is 12.4 Å². The van der Waals surface area contributed by atoms with E-state index >= 15 is 0 Å². The number of ether oxygens (including phenoxy) is 1. The highest BCUT2D eigenvalue weighted by Crippen LogP contribution is 2.22. The molecule has 0 radical (unpaired) electrons. The van der Waals surface area contributed by atoms with Crippen molar-refractivity contribution in [2.45, 2.75) is 27.3 Å². The van der Waals surface area contributed by atoms with Gasteiger partial charge in [0.05, 0.1) is 12.9 Å². The van der Waals surface area contributed by atoms with Crippen molar-refractivity contribution >= 4 is 18.0 Å². The quantitative estimate of drug-likeness (QED) is 0.527. The second kappa shape index (κ2) is 9.89. The van der Waals surface area contributed by atoms with Crippen molar-refractivity contribution in [3.05, 3.63) is 29.6 Å². The Morgan fingerprint density at radius 1 is 1.50 bits per heavy atom. The predicted octanol–water partition coefficient (Wildman–Crippen LogP) is 2.35. The average molecular weight is 309 g/mol. The molecule has 5 nitrogen and oxygen atoms in total. The number of halogens is 1. The average Bonchev–Trinajstić information content (AvgIpc) is 2.72. The highest BCUT2D eigenvalue weighted by atomic mass is 19.1. The SMILES string of the molecule is CC.CCOC(=O)CN=CN1CCNCc2ccc(F)cc21. The van der Waals surface area contributed by atoms with Gasteiger partial charge in [-0.05, 0) is 24.6 Å². The number of esters is 1. The maximum absolute atomic E-state index is 13.4. The molecule has 1 aromatic rings. The standard InChI is InChI=1S/C14H18FN3O2.C2H6/c1-2-20-14(19)9-17-10-18-6-5-16-8-11-3-4-12(15)7-13(11)18;1-2/h3-4,7,10,16H,2,5-6,8-9H2,1H3;1-2H3. The first-order valence-corrected chi connectivity index (χ1v) is 7.62. The van der Waals surface area contributed by atoms with Gasteiger partial charge in [0, 0.05) is 25.3 Å². The molecular weight excluding hydrogens is 285 g/mol. The number of carbonyl (C=O) groups excluding carboxylic acids is 1. The minimum atomic E-state index is -0.365. The molecule has 1 aliphatic rings. The lowest BCUT2D eigenvalue weighted by Crippen LogP contribution is -2.27. The second-order valence-corrected chi connectivity index (χ2v) is 4.40. The molecule has 2 rings (SSSR count). The molecule has 1 N–H and O–H groups in total. The van der Waals surface area contributed by atoms with Crippen molar-refractivity contribution in [2.24, 2.45) is 4.99 Å². The molecule has 0 saturated heterocycles. The van der Waals surface area contributed by atoms with Crippen LogP contribution in [0.15, 0.2) is 23.2 Å². The zero-order chi connectivity index (χ0) is 16.4. The Labute approximate surface area is 131 Å². The van der Waals surface area contributed by atoms with Gasteiger partial charge in [-0.2, -0.15) is 0 Å². The lowest BCUT2D eigenvalue weighted by Gasteiger charge is -2.19. The molecule has 1 heterocycles. The van der Waals surface area contributed by atoms with E-state index in [1.807, 2.05) is 18.7 Å².